The number of hydrogen-bond acceptors (Lipinski definition) is 4. The monoisotopic (exact) mass is 524 g/mol. The van der Waals surface area contributed by atoms with Crippen LogP contribution in [0.25, 0.3) is 0 Å². The van der Waals surface area contributed by atoms with Crippen LogP contribution in [0, 0.1) is 0 Å². The van der Waals surface area contributed by atoms with E-state index in [1.54, 1.807) is 11.9 Å². The fourth-order valence-electron chi connectivity index (χ4n) is 3.07. The van der Waals surface area contributed by atoms with E-state index >= 15 is 0 Å². The molecule has 0 spiro atoms. The van der Waals surface area contributed by atoms with E-state index in [2.05, 4.69) is 15.6 Å². The van der Waals surface area contributed by atoms with Crippen molar-refractivity contribution >= 4 is 41.5 Å². The van der Waals surface area contributed by atoms with Crippen LogP contribution in [0.15, 0.2) is 59.6 Å². The molecule has 0 saturated heterocycles. The molecule has 2 N–H and O–H groups in total. The molecule has 0 fully saturated rings. The van der Waals surface area contributed by atoms with E-state index < -0.39 is 0 Å². The molecule has 2 aromatic carbocycles. The maximum absolute atomic E-state index is 12.2. The third-order valence-corrected chi connectivity index (χ3v) is 4.53. The van der Waals surface area contributed by atoms with Gasteiger partial charge in [0.25, 0.3) is 5.91 Å². The third-order valence-electron chi connectivity index (χ3n) is 4.53. The molecule has 3 rings (SSSR count). The Morgan fingerprint density at radius 1 is 1.10 bits per heavy atom. The molecule has 0 aromatic heterocycles. The maximum atomic E-state index is 12.2. The summed E-state index contributed by atoms with van der Waals surface area (Å²) in [6, 6.07) is 17.7. The van der Waals surface area contributed by atoms with E-state index in [0.717, 1.165) is 29.4 Å². The zero-order chi connectivity index (χ0) is 20.3. The van der Waals surface area contributed by atoms with Crippen LogP contribution in [0.1, 0.15) is 12.0 Å². The fourth-order valence-corrected chi connectivity index (χ4v) is 3.07. The lowest BCUT2D eigenvalue weighted by Crippen LogP contribution is -2.42. The smallest absolute Gasteiger partial charge is 0.265 e. The van der Waals surface area contributed by atoms with Gasteiger partial charge in [-0.3, -0.25) is 9.79 Å². The summed E-state index contributed by atoms with van der Waals surface area (Å²) in [6.45, 7) is 3.29. The van der Waals surface area contributed by atoms with Gasteiger partial charge in [-0.05, 0) is 24.1 Å². The molecule has 0 aliphatic carbocycles. The molecular formula is C22H29IN4O3. The average Bonchev–Trinajstić information content (AvgIpc) is 2.77. The molecule has 162 valence electrons. The first-order valence-corrected chi connectivity index (χ1v) is 9.86. The van der Waals surface area contributed by atoms with Crippen molar-refractivity contribution in [3.8, 4) is 5.75 Å². The standard InChI is InChI=1S/C22H28N4O3.HI/c1-23-22(25-13-15-28-16-18-8-3-2-4-9-18)24-12-7-14-26-19-10-5-6-11-20(19)29-17-21(26)27;/h2-6,8-11H,7,12-17H2,1H3,(H2,23,24,25);1H. The average molecular weight is 524 g/mol. The highest BCUT2D eigenvalue weighted by Gasteiger charge is 2.24. The van der Waals surface area contributed by atoms with Crippen LogP contribution < -0.4 is 20.3 Å². The van der Waals surface area contributed by atoms with Crippen molar-refractivity contribution < 1.29 is 14.3 Å². The number of hydrogen-bond donors (Lipinski definition) is 2. The SMILES string of the molecule is CN=C(NCCCN1C(=O)COc2ccccc21)NCCOCc1ccccc1.I. The summed E-state index contributed by atoms with van der Waals surface area (Å²) in [6.07, 6.45) is 0.797. The van der Waals surface area contributed by atoms with E-state index in [1.165, 1.54) is 0 Å². The summed E-state index contributed by atoms with van der Waals surface area (Å²) in [4.78, 5) is 18.2. The number of aliphatic imine (C=N–C) groups is 1. The molecule has 8 heteroatoms. The van der Waals surface area contributed by atoms with Crippen molar-refractivity contribution in [2.24, 2.45) is 4.99 Å². The largest absolute Gasteiger partial charge is 0.482 e. The van der Waals surface area contributed by atoms with Crippen LogP contribution in [-0.2, 0) is 16.1 Å². The minimum Gasteiger partial charge on any atom is -0.482 e. The Morgan fingerprint density at radius 3 is 2.63 bits per heavy atom. The number of ether oxygens (including phenoxy) is 2. The Kier molecular flexibility index (Phi) is 10.4. The van der Waals surface area contributed by atoms with Crippen molar-refractivity contribution in [3.05, 3.63) is 60.2 Å². The van der Waals surface area contributed by atoms with Gasteiger partial charge < -0.3 is 25.0 Å². The fraction of sp³-hybridized carbons (Fsp3) is 0.364. The number of nitrogens with one attached hydrogen (secondary N) is 2. The summed E-state index contributed by atoms with van der Waals surface area (Å²) in [5.41, 5.74) is 2.00. The van der Waals surface area contributed by atoms with Crippen LogP contribution in [0.3, 0.4) is 0 Å². The number of rotatable bonds is 9. The van der Waals surface area contributed by atoms with E-state index in [0.29, 0.717) is 32.8 Å². The molecule has 0 atom stereocenters. The molecular weight excluding hydrogens is 495 g/mol. The van der Waals surface area contributed by atoms with Crippen LogP contribution in [-0.4, -0.2) is 51.8 Å². The number of nitrogens with zero attached hydrogens (tertiary/aromatic N) is 2. The Bertz CT molecular complexity index is 817. The Morgan fingerprint density at radius 2 is 1.83 bits per heavy atom. The second-order valence-electron chi connectivity index (χ2n) is 6.62. The van der Waals surface area contributed by atoms with Gasteiger partial charge in [0.05, 0.1) is 18.9 Å². The third kappa shape index (κ3) is 7.17. The van der Waals surface area contributed by atoms with Gasteiger partial charge in [0, 0.05) is 26.7 Å². The van der Waals surface area contributed by atoms with Crippen molar-refractivity contribution in [3.63, 3.8) is 0 Å². The number of guanidine groups is 1. The summed E-state index contributed by atoms with van der Waals surface area (Å²) in [5, 5.41) is 6.50. The minimum absolute atomic E-state index is 0. The quantitative estimate of drug-likeness (QED) is 0.229. The predicted octanol–water partition coefficient (Wildman–Crippen LogP) is 2.80. The van der Waals surface area contributed by atoms with Gasteiger partial charge in [0.15, 0.2) is 12.6 Å². The van der Waals surface area contributed by atoms with Crippen LogP contribution in [0.5, 0.6) is 5.75 Å². The van der Waals surface area contributed by atoms with Gasteiger partial charge in [-0.2, -0.15) is 0 Å². The normalized spacial score (nSPS) is 13.2. The van der Waals surface area contributed by atoms with Gasteiger partial charge in [-0.15, -0.1) is 24.0 Å². The Hall–Kier alpha value is -2.33. The number of fused-ring (bicyclic) bond motifs is 1. The molecule has 0 radical (unpaired) electrons. The lowest BCUT2D eigenvalue weighted by atomic mass is 10.2. The molecule has 7 nitrogen and oxygen atoms in total. The van der Waals surface area contributed by atoms with E-state index in [4.69, 9.17) is 9.47 Å². The minimum atomic E-state index is -0.0122. The maximum Gasteiger partial charge on any atom is 0.265 e. The Labute approximate surface area is 194 Å². The highest BCUT2D eigenvalue weighted by Crippen LogP contribution is 2.31. The van der Waals surface area contributed by atoms with Gasteiger partial charge in [-0.1, -0.05) is 42.5 Å². The van der Waals surface area contributed by atoms with E-state index in [-0.39, 0.29) is 36.5 Å². The summed E-state index contributed by atoms with van der Waals surface area (Å²) < 4.78 is 11.1. The number of para-hydroxylation sites is 2. The van der Waals surface area contributed by atoms with Crippen molar-refractivity contribution in [2.75, 3.05) is 44.8 Å². The summed E-state index contributed by atoms with van der Waals surface area (Å²) in [7, 11) is 1.74. The van der Waals surface area contributed by atoms with Crippen LogP contribution in [0.2, 0.25) is 0 Å². The molecule has 0 bridgehead atoms. The highest BCUT2D eigenvalue weighted by molar-refractivity contribution is 14.0. The van der Waals surface area contributed by atoms with Crippen LogP contribution >= 0.6 is 24.0 Å². The molecule has 1 amide bonds. The number of amides is 1. The molecule has 1 heterocycles. The van der Waals surface area contributed by atoms with E-state index in [1.807, 2.05) is 54.6 Å². The Balaban J connectivity index is 0.00000320. The molecule has 0 unspecified atom stereocenters. The van der Waals surface area contributed by atoms with Gasteiger partial charge in [0.2, 0.25) is 0 Å². The number of halogens is 1. The lowest BCUT2D eigenvalue weighted by molar-refractivity contribution is -0.121. The van der Waals surface area contributed by atoms with Gasteiger partial charge >= 0.3 is 0 Å². The molecule has 1 aliphatic heterocycles. The second-order valence-corrected chi connectivity index (χ2v) is 6.62. The first-order valence-electron chi connectivity index (χ1n) is 9.86. The topological polar surface area (TPSA) is 75.2 Å². The van der Waals surface area contributed by atoms with Gasteiger partial charge in [0.1, 0.15) is 5.75 Å². The second kappa shape index (κ2) is 13.1. The first-order chi connectivity index (χ1) is 14.3. The number of carbonyl (C=O) groups is 1. The summed E-state index contributed by atoms with van der Waals surface area (Å²) >= 11 is 0. The number of carbonyl (C=O) groups excluding carboxylic acids is 1. The van der Waals surface area contributed by atoms with Crippen molar-refractivity contribution in [1.82, 2.24) is 10.6 Å². The molecule has 30 heavy (non-hydrogen) atoms. The van der Waals surface area contributed by atoms with Crippen molar-refractivity contribution in [2.45, 2.75) is 13.0 Å². The lowest BCUT2D eigenvalue weighted by Gasteiger charge is -2.29. The zero-order valence-electron chi connectivity index (χ0n) is 17.2. The van der Waals surface area contributed by atoms with Gasteiger partial charge in [-0.25, -0.2) is 0 Å². The van der Waals surface area contributed by atoms with Crippen molar-refractivity contribution in [1.29, 1.82) is 0 Å². The summed E-state index contributed by atoms with van der Waals surface area (Å²) in [5.74, 6) is 1.47. The van der Waals surface area contributed by atoms with E-state index in [9.17, 15) is 4.79 Å². The first kappa shape index (κ1) is 23.9. The molecule has 2 aromatic rings. The number of benzene rings is 2. The zero-order valence-corrected chi connectivity index (χ0v) is 19.5. The molecule has 1 aliphatic rings. The highest BCUT2D eigenvalue weighted by atomic mass is 127. The van der Waals surface area contributed by atoms with Crippen LogP contribution in [0.4, 0.5) is 5.69 Å². The number of anilines is 1. The molecule has 0 saturated carbocycles. The predicted molar refractivity (Wildman–Crippen MR) is 130 cm³/mol.